The van der Waals surface area contributed by atoms with Crippen LogP contribution in [-0.4, -0.2) is 41.5 Å². The fraction of sp³-hybridized carbons (Fsp3) is 0.800. The largest absolute Gasteiger partial charge is 0.458 e. The average Bonchev–Trinajstić information content (AvgIpc) is 2.09. The number of rotatable bonds is 2. The van der Waals surface area contributed by atoms with E-state index in [2.05, 4.69) is 5.32 Å². The summed E-state index contributed by atoms with van der Waals surface area (Å²) in [4.78, 5) is 21.9. The maximum atomic E-state index is 11.0. The van der Waals surface area contributed by atoms with E-state index in [1.807, 2.05) is 0 Å². The van der Waals surface area contributed by atoms with Gasteiger partial charge in [0, 0.05) is 20.3 Å². The molecular formula is C10H17NO5. The highest BCUT2D eigenvalue weighted by Gasteiger charge is 2.38. The van der Waals surface area contributed by atoms with Crippen LogP contribution in [0.1, 0.15) is 27.2 Å². The second-order valence-electron chi connectivity index (χ2n) is 3.91. The topological polar surface area (TPSA) is 84.9 Å². The first-order valence-electron chi connectivity index (χ1n) is 5.18. The Morgan fingerprint density at radius 2 is 2.06 bits per heavy atom. The van der Waals surface area contributed by atoms with Crippen LogP contribution in [-0.2, 0) is 19.1 Å². The highest BCUT2D eigenvalue weighted by Crippen LogP contribution is 2.21. The maximum absolute atomic E-state index is 11.0. The Labute approximate surface area is 93.9 Å². The van der Waals surface area contributed by atoms with Crippen LogP contribution in [0.2, 0.25) is 0 Å². The standard InChI is InChI=1S/C10H17NO5/c1-5-10(16-7(3)13)8(11-6(2)12)4-9(14)15-5/h5,8-10,14H,4H2,1-3H3,(H,11,12)/t5-,8-,9-,10+/m1/s1. The summed E-state index contributed by atoms with van der Waals surface area (Å²) in [5.41, 5.74) is 0. The van der Waals surface area contributed by atoms with Crippen LogP contribution >= 0.6 is 0 Å². The van der Waals surface area contributed by atoms with Crippen molar-refractivity contribution in [2.45, 2.75) is 51.7 Å². The third-order valence-electron chi connectivity index (χ3n) is 2.38. The van der Waals surface area contributed by atoms with Gasteiger partial charge in [0.1, 0.15) is 6.10 Å². The molecule has 1 rings (SSSR count). The Morgan fingerprint density at radius 3 is 2.56 bits per heavy atom. The smallest absolute Gasteiger partial charge is 0.303 e. The van der Waals surface area contributed by atoms with Crippen LogP contribution < -0.4 is 5.32 Å². The lowest BCUT2D eigenvalue weighted by Crippen LogP contribution is -2.56. The van der Waals surface area contributed by atoms with Gasteiger partial charge in [0.2, 0.25) is 5.91 Å². The van der Waals surface area contributed by atoms with Crippen LogP contribution in [0.15, 0.2) is 0 Å². The maximum Gasteiger partial charge on any atom is 0.303 e. The first-order chi connectivity index (χ1) is 7.40. The predicted octanol–water partition coefficient (Wildman–Crippen LogP) is -0.450. The summed E-state index contributed by atoms with van der Waals surface area (Å²) in [5.74, 6) is -0.671. The fourth-order valence-corrected chi connectivity index (χ4v) is 1.83. The zero-order chi connectivity index (χ0) is 12.3. The first kappa shape index (κ1) is 12.9. The number of aliphatic hydroxyl groups excluding tert-OH is 1. The van der Waals surface area contributed by atoms with Crippen molar-refractivity contribution < 1.29 is 24.2 Å². The lowest BCUT2D eigenvalue weighted by atomic mass is 9.99. The zero-order valence-corrected chi connectivity index (χ0v) is 9.60. The molecule has 16 heavy (non-hydrogen) atoms. The van der Waals surface area contributed by atoms with Crippen molar-refractivity contribution in [3.63, 3.8) is 0 Å². The Balaban J connectivity index is 2.71. The van der Waals surface area contributed by atoms with Gasteiger partial charge in [-0.1, -0.05) is 0 Å². The molecule has 0 unspecified atom stereocenters. The van der Waals surface area contributed by atoms with Gasteiger partial charge in [0.25, 0.3) is 0 Å². The minimum atomic E-state index is -0.946. The third kappa shape index (κ3) is 3.46. The molecule has 6 heteroatoms. The van der Waals surface area contributed by atoms with Gasteiger partial charge in [-0.3, -0.25) is 9.59 Å². The molecule has 1 fully saturated rings. The molecule has 1 saturated heterocycles. The zero-order valence-electron chi connectivity index (χ0n) is 9.60. The van der Waals surface area contributed by atoms with Crippen LogP contribution in [0.5, 0.6) is 0 Å². The molecule has 2 N–H and O–H groups in total. The molecule has 1 aliphatic rings. The van der Waals surface area contributed by atoms with Crippen LogP contribution in [0.4, 0.5) is 0 Å². The molecule has 0 aromatic rings. The van der Waals surface area contributed by atoms with E-state index in [1.54, 1.807) is 6.92 Å². The fourth-order valence-electron chi connectivity index (χ4n) is 1.83. The number of esters is 1. The molecule has 1 heterocycles. The Bertz CT molecular complexity index is 280. The molecule has 0 aromatic carbocycles. The summed E-state index contributed by atoms with van der Waals surface area (Å²) >= 11 is 0. The van der Waals surface area contributed by atoms with Crippen molar-refractivity contribution >= 4 is 11.9 Å². The normalized spacial score (nSPS) is 34.2. The number of hydrogen-bond donors (Lipinski definition) is 2. The van der Waals surface area contributed by atoms with E-state index in [-0.39, 0.29) is 12.3 Å². The number of ether oxygens (including phenoxy) is 2. The van der Waals surface area contributed by atoms with E-state index < -0.39 is 30.5 Å². The molecular weight excluding hydrogens is 214 g/mol. The lowest BCUT2D eigenvalue weighted by Gasteiger charge is -2.38. The number of carbonyl (C=O) groups is 2. The Hall–Kier alpha value is -1.14. The monoisotopic (exact) mass is 231 g/mol. The van der Waals surface area contributed by atoms with Gasteiger partial charge >= 0.3 is 5.97 Å². The summed E-state index contributed by atoms with van der Waals surface area (Å²) < 4.78 is 10.2. The van der Waals surface area contributed by atoms with E-state index in [0.29, 0.717) is 0 Å². The van der Waals surface area contributed by atoms with Crippen molar-refractivity contribution in [3.8, 4) is 0 Å². The molecule has 1 aliphatic heterocycles. The summed E-state index contributed by atoms with van der Waals surface area (Å²) in [6.45, 7) is 4.35. The molecule has 0 saturated carbocycles. The summed E-state index contributed by atoms with van der Waals surface area (Å²) in [5, 5.41) is 12.0. The minimum Gasteiger partial charge on any atom is -0.458 e. The lowest BCUT2D eigenvalue weighted by molar-refractivity contribution is -0.214. The Kier molecular flexibility index (Phi) is 4.26. The number of hydrogen-bond acceptors (Lipinski definition) is 5. The number of aliphatic hydroxyl groups is 1. The van der Waals surface area contributed by atoms with E-state index in [0.717, 1.165) is 0 Å². The van der Waals surface area contributed by atoms with E-state index in [9.17, 15) is 14.7 Å². The summed E-state index contributed by atoms with van der Waals surface area (Å²) in [6.07, 6.45) is -1.75. The molecule has 0 radical (unpaired) electrons. The van der Waals surface area contributed by atoms with Crippen LogP contribution in [0.25, 0.3) is 0 Å². The Morgan fingerprint density at radius 1 is 1.44 bits per heavy atom. The van der Waals surface area contributed by atoms with Crippen molar-refractivity contribution in [1.82, 2.24) is 5.32 Å². The van der Waals surface area contributed by atoms with Gasteiger partial charge < -0.3 is 19.9 Å². The molecule has 0 aliphatic carbocycles. The molecule has 92 valence electrons. The predicted molar refractivity (Wildman–Crippen MR) is 54.3 cm³/mol. The van der Waals surface area contributed by atoms with E-state index in [1.165, 1.54) is 13.8 Å². The van der Waals surface area contributed by atoms with E-state index >= 15 is 0 Å². The number of carbonyl (C=O) groups excluding carboxylic acids is 2. The average molecular weight is 231 g/mol. The van der Waals surface area contributed by atoms with Crippen molar-refractivity contribution in [1.29, 1.82) is 0 Å². The highest BCUT2D eigenvalue weighted by molar-refractivity contribution is 5.73. The van der Waals surface area contributed by atoms with Gasteiger partial charge in [0.15, 0.2) is 6.29 Å². The highest BCUT2D eigenvalue weighted by atomic mass is 16.6. The third-order valence-corrected chi connectivity index (χ3v) is 2.38. The van der Waals surface area contributed by atoms with Gasteiger partial charge in [-0.25, -0.2) is 0 Å². The molecule has 6 nitrogen and oxygen atoms in total. The number of amides is 1. The van der Waals surface area contributed by atoms with Gasteiger partial charge in [-0.15, -0.1) is 0 Å². The minimum absolute atomic E-state index is 0.210. The summed E-state index contributed by atoms with van der Waals surface area (Å²) in [7, 11) is 0. The van der Waals surface area contributed by atoms with Crippen molar-refractivity contribution in [2.24, 2.45) is 0 Å². The van der Waals surface area contributed by atoms with Crippen LogP contribution in [0, 0.1) is 0 Å². The second kappa shape index (κ2) is 5.27. The van der Waals surface area contributed by atoms with Crippen LogP contribution in [0.3, 0.4) is 0 Å². The SMILES string of the molecule is CC(=O)N[C@@H]1C[C@H](O)O[C@H](C)[C@@H]1OC(C)=O. The van der Waals surface area contributed by atoms with E-state index in [4.69, 9.17) is 9.47 Å². The second-order valence-corrected chi connectivity index (χ2v) is 3.91. The number of nitrogens with one attached hydrogen (secondary N) is 1. The van der Waals surface area contributed by atoms with Gasteiger partial charge in [0.05, 0.1) is 12.1 Å². The first-order valence-corrected chi connectivity index (χ1v) is 5.18. The van der Waals surface area contributed by atoms with Gasteiger partial charge in [-0.05, 0) is 6.92 Å². The quantitative estimate of drug-likeness (QED) is 0.629. The molecule has 0 aromatic heterocycles. The molecule has 0 spiro atoms. The molecule has 1 amide bonds. The molecule has 0 bridgehead atoms. The molecule has 4 atom stereocenters. The van der Waals surface area contributed by atoms with Gasteiger partial charge in [-0.2, -0.15) is 0 Å². The van der Waals surface area contributed by atoms with Crippen molar-refractivity contribution in [3.05, 3.63) is 0 Å². The van der Waals surface area contributed by atoms with Crippen molar-refractivity contribution in [2.75, 3.05) is 0 Å². The summed E-state index contributed by atoms with van der Waals surface area (Å²) in [6, 6.07) is -0.417.